The lowest BCUT2D eigenvalue weighted by Gasteiger charge is -2.51. The van der Waals surface area contributed by atoms with Gasteiger partial charge in [0, 0.05) is 12.0 Å². The summed E-state index contributed by atoms with van der Waals surface area (Å²) in [6.45, 7) is 1.06. The molecule has 1 heteroatoms. The third-order valence-corrected chi connectivity index (χ3v) is 4.90. The second kappa shape index (κ2) is 2.73. The highest BCUT2D eigenvalue weighted by atomic mass is 16.5. The van der Waals surface area contributed by atoms with Gasteiger partial charge in [0.15, 0.2) is 0 Å². The normalized spacial score (nSPS) is 49.8. The molecule has 1 nitrogen and oxygen atoms in total. The zero-order valence-electron chi connectivity index (χ0n) is 8.48. The molecule has 2 aliphatic carbocycles. The first kappa shape index (κ1) is 8.28. The largest absolute Gasteiger partial charge is 0.374 e. The highest BCUT2D eigenvalue weighted by molar-refractivity contribution is 5.07. The Hall–Kier alpha value is -0.0400. The Labute approximate surface area is 80.8 Å². The lowest BCUT2D eigenvalue weighted by molar-refractivity contribution is -0.116. The van der Waals surface area contributed by atoms with Crippen molar-refractivity contribution in [3.8, 4) is 0 Å². The molecule has 3 fully saturated rings. The van der Waals surface area contributed by atoms with Crippen LogP contribution in [0.1, 0.15) is 57.8 Å². The molecule has 1 saturated heterocycles. The number of hydrogen-bond donors (Lipinski definition) is 0. The van der Waals surface area contributed by atoms with Gasteiger partial charge in [0.25, 0.3) is 0 Å². The fourth-order valence-electron chi connectivity index (χ4n) is 4.20. The van der Waals surface area contributed by atoms with Crippen molar-refractivity contribution in [1.82, 2.24) is 0 Å². The summed E-state index contributed by atoms with van der Waals surface area (Å²) in [7, 11) is 0. The first-order chi connectivity index (χ1) is 6.37. The molecule has 0 N–H and O–H groups in total. The Bertz CT molecular complexity index is 175. The summed E-state index contributed by atoms with van der Waals surface area (Å²) in [5.41, 5.74) is 1.01. The Morgan fingerprint density at radius 2 is 1.31 bits per heavy atom. The summed E-state index contributed by atoms with van der Waals surface area (Å²) in [5.74, 6) is 0. The van der Waals surface area contributed by atoms with E-state index in [2.05, 4.69) is 0 Å². The Morgan fingerprint density at radius 1 is 0.692 bits per heavy atom. The van der Waals surface area contributed by atoms with Crippen LogP contribution >= 0.6 is 0 Å². The molecule has 74 valence electrons. The van der Waals surface area contributed by atoms with Crippen LogP contribution in [-0.2, 0) is 4.74 Å². The van der Waals surface area contributed by atoms with Gasteiger partial charge in [-0.05, 0) is 32.1 Å². The van der Waals surface area contributed by atoms with Gasteiger partial charge in [-0.3, -0.25) is 0 Å². The fourth-order valence-corrected chi connectivity index (χ4v) is 4.20. The second-order valence-electron chi connectivity index (χ2n) is 5.29. The molecule has 2 saturated carbocycles. The van der Waals surface area contributed by atoms with Crippen molar-refractivity contribution in [1.29, 1.82) is 0 Å². The summed E-state index contributed by atoms with van der Waals surface area (Å²) in [4.78, 5) is 0. The lowest BCUT2D eigenvalue weighted by atomic mass is 9.56. The molecule has 0 bridgehead atoms. The van der Waals surface area contributed by atoms with Crippen LogP contribution in [0.2, 0.25) is 0 Å². The zero-order valence-corrected chi connectivity index (χ0v) is 8.48. The van der Waals surface area contributed by atoms with Crippen molar-refractivity contribution in [2.24, 2.45) is 5.41 Å². The van der Waals surface area contributed by atoms with Crippen molar-refractivity contribution in [2.75, 3.05) is 6.61 Å². The third kappa shape index (κ3) is 0.971. The van der Waals surface area contributed by atoms with Crippen LogP contribution in [0, 0.1) is 5.41 Å². The molecule has 13 heavy (non-hydrogen) atoms. The number of hydrogen-bond acceptors (Lipinski definition) is 1. The number of ether oxygens (including phenoxy) is 1. The van der Waals surface area contributed by atoms with E-state index in [1.165, 1.54) is 57.8 Å². The van der Waals surface area contributed by atoms with E-state index in [9.17, 15) is 0 Å². The maximum Gasteiger partial charge on any atom is 0.0739 e. The molecule has 0 amide bonds. The first-order valence-corrected chi connectivity index (χ1v) is 6.01. The molecule has 0 unspecified atom stereocenters. The topological polar surface area (TPSA) is 9.23 Å². The molecule has 0 spiro atoms. The maximum atomic E-state index is 6.14. The van der Waals surface area contributed by atoms with E-state index in [1.54, 1.807) is 0 Å². The Morgan fingerprint density at radius 3 is 1.92 bits per heavy atom. The molecule has 0 aromatic heterocycles. The fraction of sp³-hybridized carbons (Fsp3) is 1.00. The third-order valence-electron chi connectivity index (χ3n) is 4.90. The highest BCUT2D eigenvalue weighted by Crippen LogP contribution is 2.60. The Kier molecular flexibility index (Phi) is 1.74. The van der Waals surface area contributed by atoms with Crippen LogP contribution in [0.5, 0.6) is 0 Å². The minimum Gasteiger partial charge on any atom is -0.374 e. The van der Waals surface area contributed by atoms with Crippen molar-refractivity contribution in [3.63, 3.8) is 0 Å². The van der Waals surface area contributed by atoms with Gasteiger partial charge in [0.05, 0.1) is 5.60 Å². The Balaban J connectivity index is 1.96. The molecule has 0 radical (unpaired) electrons. The van der Waals surface area contributed by atoms with Crippen molar-refractivity contribution in [3.05, 3.63) is 0 Å². The molecular weight excluding hydrogens is 160 g/mol. The van der Waals surface area contributed by atoms with Crippen LogP contribution in [0.25, 0.3) is 0 Å². The smallest absolute Gasteiger partial charge is 0.0739 e. The molecule has 1 heterocycles. The standard InChI is InChI=1S/C12H20O/c1-3-7-12-8-4-2-6-11(12,5-1)9-10-13-12/h1-10H2. The predicted molar refractivity (Wildman–Crippen MR) is 52.7 cm³/mol. The van der Waals surface area contributed by atoms with E-state index in [0.29, 0.717) is 11.0 Å². The molecule has 1 aliphatic heterocycles. The minimum absolute atomic E-state index is 0.365. The predicted octanol–water partition coefficient (Wildman–Crippen LogP) is 3.28. The first-order valence-electron chi connectivity index (χ1n) is 6.01. The molecule has 0 aromatic carbocycles. The quantitative estimate of drug-likeness (QED) is 0.556. The van der Waals surface area contributed by atoms with Gasteiger partial charge in [-0.2, -0.15) is 0 Å². The van der Waals surface area contributed by atoms with Crippen LogP contribution in [-0.4, -0.2) is 12.2 Å². The summed E-state index contributed by atoms with van der Waals surface area (Å²) < 4.78 is 6.14. The minimum atomic E-state index is 0.365. The molecule has 0 atom stereocenters. The monoisotopic (exact) mass is 180 g/mol. The van der Waals surface area contributed by atoms with Crippen molar-refractivity contribution in [2.45, 2.75) is 63.4 Å². The molecule has 3 aliphatic rings. The highest BCUT2D eigenvalue weighted by Gasteiger charge is 2.57. The van der Waals surface area contributed by atoms with E-state index in [4.69, 9.17) is 4.74 Å². The summed E-state index contributed by atoms with van der Waals surface area (Å²) in [5, 5.41) is 0. The summed E-state index contributed by atoms with van der Waals surface area (Å²) in [6.07, 6.45) is 12.8. The zero-order chi connectivity index (χ0) is 8.78. The summed E-state index contributed by atoms with van der Waals surface area (Å²) >= 11 is 0. The maximum absolute atomic E-state index is 6.14. The van der Waals surface area contributed by atoms with Gasteiger partial charge in [0.2, 0.25) is 0 Å². The van der Waals surface area contributed by atoms with Gasteiger partial charge >= 0.3 is 0 Å². The van der Waals surface area contributed by atoms with Crippen LogP contribution in [0.4, 0.5) is 0 Å². The van der Waals surface area contributed by atoms with Gasteiger partial charge in [-0.25, -0.2) is 0 Å². The average Bonchev–Trinajstić information content (AvgIpc) is 2.56. The van der Waals surface area contributed by atoms with Crippen molar-refractivity contribution >= 4 is 0 Å². The summed E-state index contributed by atoms with van der Waals surface area (Å²) in [6, 6.07) is 0. The van der Waals surface area contributed by atoms with Crippen molar-refractivity contribution < 1.29 is 4.74 Å². The van der Waals surface area contributed by atoms with E-state index in [-0.39, 0.29) is 0 Å². The average molecular weight is 180 g/mol. The SMILES string of the molecule is C1CCC23CCCCC2(C1)CCO3. The lowest BCUT2D eigenvalue weighted by Crippen LogP contribution is -2.49. The van der Waals surface area contributed by atoms with Crippen LogP contribution in [0.15, 0.2) is 0 Å². The van der Waals surface area contributed by atoms with Crippen LogP contribution < -0.4 is 0 Å². The van der Waals surface area contributed by atoms with Gasteiger partial charge in [0.1, 0.15) is 0 Å². The van der Waals surface area contributed by atoms with E-state index < -0.39 is 0 Å². The van der Waals surface area contributed by atoms with E-state index in [1.807, 2.05) is 0 Å². The van der Waals surface area contributed by atoms with Gasteiger partial charge in [-0.15, -0.1) is 0 Å². The van der Waals surface area contributed by atoms with E-state index in [0.717, 1.165) is 6.61 Å². The molecule has 3 rings (SSSR count). The van der Waals surface area contributed by atoms with Gasteiger partial charge in [-0.1, -0.05) is 25.7 Å². The number of rotatable bonds is 0. The van der Waals surface area contributed by atoms with Gasteiger partial charge < -0.3 is 4.74 Å². The molecule has 0 aromatic rings. The molecular formula is C12H20O. The van der Waals surface area contributed by atoms with Crippen LogP contribution in [0.3, 0.4) is 0 Å². The van der Waals surface area contributed by atoms with E-state index >= 15 is 0 Å². The second-order valence-corrected chi connectivity index (χ2v) is 5.29.